The van der Waals surface area contributed by atoms with Gasteiger partial charge in [-0.15, -0.1) is 0 Å². The van der Waals surface area contributed by atoms with Crippen LogP contribution in [0, 0.1) is 5.92 Å². The molecule has 1 unspecified atom stereocenters. The van der Waals surface area contributed by atoms with E-state index in [9.17, 15) is 9.90 Å². The third kappa shape index (κ3) is 3.70. The van der Waals surface area contributed by atoms with E-state index in [1.165, 1.54) is 0 Å². The Balaban J connectivity index is 2.06. The fourth-order valence-electron chi connectivity index (χ4n) is 2.30. The lowest BCUT2D eigenvalue weighted by molar-refractivity contribution is -0.136. The van der Waals surface area contributed by atoms with Gasteiger partial charge in [0.2, 0.25) is 5.91 Å². The fraction of sp³-hybridized carbons (Fsp3) is 0.533. The second-order valence-corrected chi connectivity index (χ2v) is 5.33. The molecule has 1 amide bonds. The van der Waals surface area contributed by atoms with Crippen molar-refractivity contribution in [1.82, 2.24) is 10.2 Å². The van der Waals surface area contributed by atoms with Crippen LogP contribution in [-0.2, 0) is 11.3 Å². The van der Waals surface area contributed by atoms with Gasteiger partial charge >= 0.3 is 0 Å². The van der Waals surface area contributed by atoms with E-state index < -0.39 is 0 Å². The Morgan fingerprint density at radius 1 is 1.53 bits per heavy atom. The van der Waals surface area contributed by atoms with Crippen LogP contribution in [-0.4, -0.2) is 35.5 Å². The molecular formula is C15H22N2O2. The van der Waals surface area contributed by atoms with Gasteiger partial charge in [-0.3, -0.25) is 4.79 Å². The molecule has 1 saturated carbocycles. The van der Waals surface area contributed by atoms with E-state index in [1.807, 2.05) is 31.0 Å². The normalized spacial score (nSPS) is 16.1. The summed E-state index contributed by atoms with van der Waals surface area (Å²) in [6.45, 7) is 3.24. The highest BCUT2D eigenvalue weighted by Gasteiger charge is 2.34. The van der Waals surface area contributed by atoms with E-state index in [0.29, 0.717) is 19.1 Å². The molecule has 1 atom stereocenters. The summed E-state index contributed by atoms with van der Waals surface area (Å²) in [4.78, 5) is 14.4. The fourth-order valence-corrected chi connectivity index (χ4v) is 2.30. The number of benzene rings is 1. The van der Waals surface area contributed by atoms with Crippen LogP contribution in [0.1, 0.15) is 25.3 Å². The van der Waals surface area contributed by atoms with Crippen LogP contribution in [0.4, 0.5) is 0 Å². The number of nitrogens with one attached hydrogen (secondary N) is 1. The first-order valence-electron chi connectivity index (χ1n) is 6.85. The van der Waals surface area contributed by atoms with Crippen LogP contribution in [0.3, 0.4) is 0 Å². The Morgan fingerprint density at radius 3 is 2.84 bits per heavy atom. The highest BCUT2D eigenvalue weighted by Crippen LogP contribution is 2.30. The Hall–Kier alpha value is -1.55. The lowest BCUT2D eigenvalue weighted by Gasteiger charge is -2.26. The number of rotatable bonds is 6. The predicted molar refractivity (Wildman–Crippen MR) is 74.8 cm³/mol. The monoisotopic (exact) mass is 262 g/mol. The number of phenolic OH excluding ortho intramolecular Hbond substituents is 1. The molecule has 19 heavy (non-hydrogen) atoms. The molecule has 4 nitrogen and oxygen atoms in total. The number of amides is 1. The molecule has 1 fully saturated rings. The van der Waals surface area contributed by atoms with Crippen molar-refractivity contribution in [3.05, 3.63) is 29.8 Å². The van der Waals surface area contributed by atoms with Crippen molar-refractivity contribution in [2.45, 2.75) is 32.4 Å². The molecular weight excluding hydrogens is 240 g/mol. The Labute approximate surface area is 114 Å². The summed E-state index contributed by atoms with van der Waals surface area (Å²) in [6, 6.07) is 7.53. The second kappa shape index (κ2) is 6.06. The number of aromatic hydroxyl groups is 1. The molecule has 2 rings (SSSR count). The smallest absolute Gasteiger partial charge is 0.227 e. The van der Waals surface area contributed by atoms with E-state index in [4.69, 9.17) is 0 Å². The van der Waals surface area contributed by atoms with E-state index >= 15 is 0 Å². The van der Waals surface area contributed by atoms with Crippen LogP contribution >= 0.6 is 0 Å². The van der Waals surface area contributed by atoms with Gasteiger partial charge in [0, 0.05) is 25.0 Å². The maximum absolute atomic E-state index is 12.4. The van der Waals surface area contributed by atoms with Crippen LogP contribution < -0.4 is 5.32 Å². The van der Waals surface area contributed by atoms with E-state index in [1.54, 1.807) is 12.1 Å². The van der Waals surface area contributed by atoms with Crippen molar-refractivity contribution >= 4 is 5.91 Å². The number of carbonyl (C=O) groups excluding carboxylic acids is 1. The average molecular weight is 262 g/mol. The minimum absolute atomic E-state index is 0.0112. The largest absolute Gasteiger partial charge is 0.508 e. The molecule has 1 aliphatic rings. The van der Waals surface area contributed by atoms with Gasteiger partial charge in [-0.1, -0.05) is 19.1 Å². The van der Waals surface area contributed by atoms with Crippen molar-refractivity contribution in [3.63, 3.8) is 0 Å². The van der Waals surface area contributed by atoms with Gasteiger partial charge in [0.25, 0.3) is 0 Å². The molecule has 0 saturated heterocycles. The Kier molecular flexibility index (Phi) is 4.43. The van der Waals surface area contributed by atoms with Crippen LogP contribution in [0.15, 0.2) is 24.3 Å². The molecule has 2 N–H and O–H groups in total. The summed E-state index contributed by atoms with van der Waals surface area (Å²) in [6.07, 6.45) is 2.19. The Morgan fingerprint density at radius 2 is 2.26 bits per heavy atom. The first-order chi connectivity index (χ1) is 9.11. The number of carbonyl (C=O) groups is 1. The number of hydrogen-bond donors (Lipinski definition) is 2. The summed E-state index contributed by atoms with van der Waals surface area (Å²) in [7, 11) is 1.86. The topological polar surface area (TPSA) is 52.6 Å². The molecule has 0 aromatic heterocycles. The quantitative estimate of drug-likeness (QED) is 0.821. The molecule has 0 aliphatic heterocycles. The van der Waals surface area contributed by atoms with Crippen LogP contribution in [0.2, 0.25) is 0 Å². The minimum atomic E-state index is -0.0112. The zero-order valence-electron chi connectivity index (χ0n) is 11.6. The lowest BCUT2D eigenvalue weighted by Crippen LogP contribution is -2.39. The molecule has 0 heterocycles. The number of hydrogen-bond acceptors (Lipinski definition) is 3. The summed E-state index contributed by atoms with van der Waals surface area (Å²) >= 11 is 0. The first kappa shape index (κ1) is 13.9. The molecule has 4 heteroatoms. The summed E-state index contributed by atoms with van der Waals surface area (Å²) in [5.74, 6) is 0.437. The van der Waals surface area contributed by atoms with Crippen LogP contribution in [0.25, 0.3) is 0 Å². The number of phenols is 1. The molecule has 1 aliphatic carbocycles. The molecule has 0 radical (unpaired) electrons. The summed E-state index contributed by atoms with van der Waals surface area (Å²) in [5.41, 5.74) is 0.983. The van der Waals surface area contributed by atoms with Crippen molar-refractivity contribution in [2.75, 3.05) is 13.6 Å². The van der Waals surface area contributed by atoms with Gasteiger partial charge in [-0.05, 0) is 37.6 Å². The average Bonchev–Trinajstić information content (AvgIpc) is 3.20. The first-order valence-corrected chi connectivity index (χ1v) is 6.85. The molecule has 1 aromatic carbocycles. The van der Waals surface area contributed by atoms with Gasteiger partial charge in [-0.2, -0.15) is 0 Å². The third-order valence-corrected chi connectivity index (χ3v) is 3.47. The zero-order chi connectivity index (χ0) is 13.8. The lowest BCUT2D eigenvalue weighted by atomic mass is 10.1. The van der Waals surface area contributed by atoms with Gasteiger partial charge in [-0.25, -0.2) is 0 Å². The zero-order valence-corrected chi connectivity index (χ0v) is 11.6. The SMILES string of the molecule is CNCC(C)C(=O)N(Cc1cccc(O)c1)C1CC1. The number of nitrogens with zero attached hydrogens (tertiary/aromatic N) is 1. The van der Waals surface area contributed by atoms with E-state index in [2.05, 4.69) is 5.32 Å². The second-order valence-electron chi connectivity index (χ2n) is 5.33. The van der Waals surface area contributed by atoms with Crippen LogP contribution in [0.5, 0.6) is 5.75 Å². The van der Waals surface area contributed by atoms with Gasteiger partial charge in [0.1, 0.15) is 5.75 Å². The highest BCUT2D eigenvalue weighted by atomic mass is 16.3. The molecule has 0 spiro atoms. The summed E-state index contributed by atoms with van der Waals surface area (Å²) < 4.78 is 0. The van der Waals surface area contributed by atoms with Gasteiger partial charge in [0.05, 0.1) is 0 Å². The maximum Gasteiger partial charge on any atom is 0.227 e. The standard InChI is InChI=1S/C15H22N2O2/c1-11(9-16-2)15(19)17(13-6-7-13)10-12-4-3-5-14(18)8-12/h3-5,8,11,13,16,18H,6-7,9-10H2,1-2H3. The van der Waals surface area contributed by atoms with Crippen molar-refractivity contribution < 1.29 is 9.90 Å². The highest BCUT2D eigenvalue weighted by molar-refractivity contribution is 5.79. The Bertz CT molecular complexity index is 444. The molecule has 104 valence electrons. The van der Waals surface area contributed by atoms with Gasteiger partial charge in [0.15, 0.2) is 0 Å². The van der Waals surface area contributed by atoms with Crippen molar-refractivity contribution in [1.29, 1.82) is 0 Å². The van der Waals surface area contributed by atoms with E-state index in [-0.39, 0.29) is 17.6 Å². The third-order valence-electron chi connectivity index (χ3n) is 3.47. The van der Waals surface area contributed by atoms with Gasteiger partial charge < -0.3 is 15.3 Å². The maximum atomic E-state index is 12.4. The molecule has 1 aromatic rings. The molecule has 0 bridgehead atoms. The van der Waals surface area contributed by atoms with Crippen molar-refractivity contribution in [3.8, 4) is 5.75 Å². The predicted octanol–water partition coefficient (Wildman–Crippen LogP) is 1.74. The minimum Gasteiger partial charge on any atom is -0.508 e. The van der Waals surface area contributed by atoms with Crippen molar-refractivity contribution in [2.24, 2.45) is 5.92 Å². The summed E-state index contributed by atoms with van der Waals surface area (Å²) in [5, 5.41) is 12.5. The van der Waals surface area contributed by atoms with E-state index in [0.717, 1.165) is 18.4 Å².